The van der Waals surface area contributed by atoms with E-state index in [4.69, 9.17) is 0 Å². The first-order valence-electron chi connectivity index (χ1n) is 9.45. The highest BCUT2D eigenvalue weighted by atomic mass is 16.2. The molecule has 1 N–H and O–H groups in total. The maximum atomic E-state index is 13.0. The maximum absolute atomic E-state index is 13.0. The Morgan fingerprint density at radius 1 is 1.15 bits per heavy atom. The van der Waals surface area contributed by atoms with E-state index in [1.54, 1.807) is 4.90 Å². The predicted octanol–water partition coefficient (Wildman–Crippen LogP) is 3.02. The summed E-state index contributed by atoms with van der Waals surface area (Å²) in [6, 6.07) is 15.9. The Bertz CT molecular complexity index is 832. The average molecular weight is 365 g/mol. The second kappa shape index (κ2) is 8.25. The van der Waals surface area contributed by atoms with Crippen molar-refractivity contribution < 1.29 is 9.59 Å². The number of nitrogens with zero attached hydrogens (tertiary/aromatic N) is 2. The van der Waals surface area contributed by atoms with Gasteiger partial charge in [0.15, 0.2) is 0 Å². The number of rotatable bonds is 5. The first-order chi connectivity index (χ1) is 13.0. The molecule has 1 heterocycles. The molecule has 2 aromatic carbocycles. The van der Waals surface area contributed by atoms with Crippen molar-refractivity contribution in [1.82, 2.24) is 10.2 Å². The Balaban J connectivity index is 1.80. The molecular weight excluding hydrogens is 338 g/mol. The highest BCUT2D eigenvalue weighted by Gasteiger charge is 2.31. The molecule has 0 saturated carbocycles. The molecule has 1 atom stereocenters. The summed E-state index contributed by atoms with van der Waals surface area (Å²) in [5.41, 5.74) is 3.89. The van der Waals surface area contributed by atoms with Gasteiger partial charge in [0.05, 0.1) is 5.92 Å². The van der Waals surface area contributed by atoms with Crippen molar-refractivity contribution >= 4 is 17.5 Å². The lowest BCUT2D eigenvalue weighted by Gasteiger charge is -2.19. The van der Waals surface area contributed by atoms with E-state index in [9.17, 15) is 9.59 Å². The van der Waals surface area contributed by atoms with Gasteiger partial charge in [0.2, 0.25) is 5.91 Å². The van der Waals surface area contributed by atoms with Gasteiger partial charge < -0.3 is 15.1 Å². The Morgan fingerprint density at radius 3 is 2.67 bits per heavy atom. The largest absolute Gasteiger partial charge is 0.377 e. The van der Waals surface area contributed by atoms with Crippen LogP contribution in [0, 0.1) is 5.92 Å². The quantitative estimate of drug-likeness (QED) is 0.886. The van der Waals surface area contributed by atoms with Crippen LogP contribution in [0.25, 0.3) is 11.1 Å². The summed E-state index contributed by atoms with van der Waals surface area (Å²) in [6.45, 7) is 3.64. The van der Waals surface area contributed by atoms with Crippen molar-refractivity contribution in [3.63, 3.8) is 0 Å². The third-order valence-corrected chi connectivity index (χ3v) is 5.00. The minimum absolute atomic E-state index is 0.00835. The van der Waals surface area contributed by atoms with Gasteiger partial charge in [-0.2, -0.15) is 0 Å². The smallest absolute Gasteiger partial charge is 0.253 e. The van der Waals surface area contributed by atoms with Crippen LogP contribution in [0.4, 0.5) is 5.69 Å². The summed E-state index contributed by atoms with van der Waals surface area (Å²) in [5, 5.41) is 2.85. The topological polar surface area (TPSA) is 52.7 Å². The Morgan fingerprint density at radius 2 is 1.93 bits per heavy atom. The van der Waals surface area contributed by atoms with E-state index in [0.717, 1.165) is 23.2 Å². The van der Waals surface area contributed by atoms with E-state index in [1.807, 2.05) is 57.4 Å². The van der Waals surface area contributed by atoms with Crippen LogP contribution in [0.5, 0.6) is 0 Å². The van der Waals surface area contributed by atoms with Gasteiger partial charge in [-0.15, -0.1) is 0 Å². The zero-order valence-corrected chi connectivity index (χ0v) is 16.2. The molecule has 0 aromatic heterocycles. The molecule has 5 nitrogen and oxygen atoms in total. The number of hydrogen-bond donors (Lipinski definition) is 1. The number of hydrogen-bond acceptors (Lipinski definition) is 3. The number of carbonyl (C=O) groups excluding carboxylic acids is 2. The van der Waals surface area contributed by atoms with Gasteiger partial charge in [-0.25, -0.2) is 0 Å². The molecule has 3 rings (SSSR count). The van der Waals surface area contributed by atoms with E-state index in [-0.39, 0.29) is 17.7 Å². The van der Waals surface area contributed by atoms with Crippen molar-refractivity contribution in [2.75, 3.05) is 38.6 Å². The average Bonchev–Trinajstić information content (AvgIpc) is 3.18. The van der Waals surface area contributed by atoms with Crippen molar-refractivity contribution in [2.45, 2.75) is 13.3 Å². The van der Waals surface area contributed by atoms with Gasteiger partial charge in [-0.1, -0.05) is 30.3 Å². The molecular formula is C22H27N3O2. The van der Waals surface area contributed by atoms with Gasteiger partial charge in [0.1, 0.15) is 0 Å². The van der Waals surface area contributed by atoms with Crippen LogP contribution in [-0.2, 0) is 4.79 Å². The number of benzene rings is 2. The van der Waals surface area contributed by atoms with Gasteiger partial charge in [-0.3, -0.25) is 9.59 Å². The highest BCUT2D eigenvalue weighted by molar-refractivity contribution is 5.96. The van der Waals surface area contributed by atoms with Gasteiger partial charge in [-0.05, 0) is 37.1 Å². The van der Waals surface area contributed by atoms with E-state index < -0.39 is 0 Å². The first kappa shape index (κ1) is 19.0. The van der Waals surface area contributed by atoms with Crippen molar-refractivity contribution in [3.05, 3.63) is 54.1 Å². The lowest BCUT2D eigenvalue weighted by molar-refractivity contribution is -0.124. The van der Waals surface area contributed by atoms with E-state index in [2.05, 4.69) is 22.3 Å². The number of anilines is 1. The molecule has 1 fully saturated rings. The van der Waals surface area contributed by atoms with Crippen LogP contribution in [0.1, 0.15) is 23.7 Å². The molecule has 0 radical (unpaired) electrons. The van der Waals surface area contributed by atoms with Crippen LogP contribution in [0.15, 0.2) is 48.5 Å². The minimum Gasteiger partial charge on any atom is -0.377 e. The summed E-state index contributed by atoms with van der Waals surface area (Å²) >= 11 is 0. The van der Waals surface area contributed by atoms with Gasteiger partial charge >= 0.3 is 0 Å². The fourth-order valence-corrected chi connectivity index (χ4v) is 3.59. The van der Waals surface area contributed by atoms with Crippen LogP contribution in [0.2, 0.25) is 0 Å². The predicted molar refractivity (Wildman–Crippen MR) is 109 cm³/mol. The minimum atomic E-state index is -0.105. The molecule has 1 aliphatic heterocycles. The van der Waals surface area contributed by atoms with Crippen molar-refractivity contribution in [1.29, 1.82) is 0 Å². The number of carbonyl (C=O) groups is 2. The monoisotopic (exact) mass is 365 g/mol. The maximum Gasteiger partial charge on any atom is 0.253 e. The lowest BCUT2D eigenvalue weighted by Crippen LogP contribution is -2.34. The highest BCUT2D eigenvalue weighted by Crippen LogP contribution is 2.30. The zero-order chi connectivity index (χ0) is 19.4. The molecule has 0 bridgehead atoms. The molecule has 2 amide bonds. The molecule has 2 aromatic rings. The number of likely N-dealkylation sites (tertiary alicyclic amines) is 1. The van der Waals surface area contributed by atoms with Gasteiger partial charge in [0, 0.05) is 50.5 Å². The fourth-order valence-electron chi connectivity index (χ4n) is 3.59. The van der Waals surface area contributed by atoms with Crippen molar-refractivity contribution in [2.24, 2.45) is 5.92 Å². The summed E-state index contributed by atoms with van der Waals surface area (Å²) in [4.78, 5) is 28.9. The lowest BCUT2D eigenvalue weighted by atomic mass is 10.0. The molecule has 0 unspecified atom stereocenters. The second-order valence-electron chi connectivity index (χ2n) is 7.12. The first-order valence-corrected chi connectivity index (χ1v) is 9.45. The molecule has 0 spiro atoms. The SMILES string of the molecule is CCNC(=O)[C@@H]1CCN(C(=O)c2cccc(-c3ccccc3N(C)C)c2)C1. The van der Waals surface area contributed by atoms with Crippen molar-refractivity contribution in [3.8, 4) is 11.1 Å². The molecule has 27 heavy (non-hydrogen) atoms. The number of amides is 2. The van der Waals surface area contributed by atoms with Crippen LogP contribution < -0.4 is 10.2 Å². The molecule has 1 saturated heterocycles. The summed E-state index contributed by atoms with van der Waals surface area (Å²) in [7, 11) is 4.03. The Kier molecular flexibility index (Phi) is 5.79. The second-order valence-corrected chi connectivity index (χ2v) is 7.12. The summed E-state index contributed by atoms with van der Waals surface area (Å²) in [5.74, 6) is -0.0704. The summed E-state index contributed by atoms with van der Waals surface area (Å²) in [6.07, 6.45) is 0.723. The normalized spacial score (nSPS) is 16.3. The Hall–Kier alpha value is -2.82. The zero-order valence-electron chi connectivity index (χ0n) is 16.2. The number of para-hydroxylation sites is 1. The molecule has 0 aliphatic carbocycles. The molecule has 142 valence electrons. The van der Waals surface area contributed by atoms with E-state index >= 15 is 0 Å². The fraction of sp³-hybridized carbons (Fsp3) is 0.364. The summed E-state index contributed by atoms with van der Waals surface area (Å²) < 4.78 is 0. The van der Waals surface area contributed by atoms with Crippen LogP contribution in [-0.4, -0.2) is 50.4 Å². The Labute approximate surface area is 161 Å². The molecule has 1 aliphatic rings. The van der Waals surface area contributed by atoms with Crippen LogP contribution >= 0.6 is 0 Å². The van der Waals surface area contributed by atoms with E-state index in [1.165, 1.54) is 0 Å². The standard InChI is InChI=1S/C22H27N3O2/c1-4-23-21(26)18-12-13-25(15-18)22(27)17-9-7-8-16(14-17)19-10-5-6-11-20(19)24(2)3/h5-11,14,18H,4,12-13,15H2,1-3H3,(H,23,26)/t18-/m1/s1. The third-order valence-electron chi connectivity index (χ3n) is 5.00. The number of nitrogens with one attached hydrogen (secondary N) is 1. The third kappa shape index (κ3) is 4.13. The van der Waals surface area contributed by atoms with E-state index in [0.29, 0.717) is 25.2 Å². The van der Waals surface area contributed by atoms with Gasteiger partial charge in [0.25, 0.3) is 5.91 Å². The molecule has 5 heteroatoms. The van der Waals surface area contributed by atoms with Crippen LogP contribution in [0.3, 0.4) is 0 Å².